The summed E-state index contributed by atoms with van der Waals surface area (Å²) in [6.07, 6.45) is -3.68. The van der Waals surface area contributed by atoms with Crippen LogP contribution in [0.3, 0.4) is 0 Å². The number of nitrogens with zero attached hydrogens (tertiary/aromatic N) is 2. The Labute approximate surface area is 227 Å². The number of hydrogen-bond acceptors (Lipinski definition) is 4. The topological polar surface area (TPSA) is 86.8 Å². The van der Waals surface area contributed by atoms with Gasteiger partial charge in [0.25, 0.3) is 0 Å². The molecule has 0 aliphatic carbocycles. The van der Waals surface area contributed by atoms with Crippen molar-refractivity contribution >= 4 is 27.5 Å². The summed E-state index contributed by atoms with van der Waals surface area (Å²) in [7, 11) is -3.96. The minimum atomic E-state index is -4.65. The predicted octanol–water partition coefficient (Wildman–Crippen LogP) is 5.11. The van der Waals surface area contributed by atoms with Crippen molar-refractivity contribution in [2.45, 2.75) is 71.3 Å². The molecule has 39 heavy (non-hydrogen) atoms. The molecule has 1 N–H and O–H groups in total. The van der Waals surface area contributed by atoms with Gasteiger partial charge in [-0.15, -0.1) is 0 Å². The van der Waals surface area contributed by atoms with Gasteiger partial charge >= 0.3 is 6.18 Å². The largest absolute Gasteiger partial charge is 0.416 e. The highest BCUT2D eigenvalue weighted by atomic mass is 32.2. The second-order valence-corrected chi connectivity index (χ2v) is 12.2. The highest BCUT2D eigenvalue weighted by Crippen LogP contribution is 2.32. The number of benzene rings is 2. The van der Waals surface area contributed by atoms with Gasteiger partial charge in [-0.25, -0.2) is 12.8 Å². The van der Waals surface area contributed by atoms with Gasteiger partial charge in [0.05, 0.1) is 17.5 Å². The molecule has 0 spiro atoms. The van der Waals surface area contributed by atoms with Gasteiger partial charge in [-0.1, -0.05) is 25.1 Å². The van der Waals surface area contributed by atoms with Gasteiger partial charge in [-0.2, -0.15) is 13.2 Å². The van der Waals surface area contributed by atoms with Crippen molar-refractivity contribution in [3.8, 4) is 0 Å². The Morgan fingerprint density at radius 2 is 1.64 bits per heavy atom. The van der Waals surface area contributed by atoms with Crippen LogP contribution in [0, 0.1) is 5.82 Å². The van der Waals surface area contributed by atoms with Crippen LogP contribution in [0.4, 0.5) is 23.2 Å². The van der Waals surface area contributed by atoms with E-state index in [0.717, 1.165) is 28.8 Å². The Hall–Kier alpha value is -3.15. The molecule has 0 aliphatic rings. The van der Waals surface area contributed by atoms with Crippen molar-refractivity contribution in [3.05, 3.63) is 65.5 Å². The van der Waals surface area contributed by atoms with E-state index >= 15 is 0 Å². The fourth-order valence-electron chi connectivity index (χ4n) is 4.00. The molecule has 2 amide bonds. The van der Waals surface area contributed by atoms with Crippen molar-refractivity contribution in [1.82, 2.24) is 10.2 Å². The van der Waals surface area contributed by atoms with Crippen LogP contribution in [0.2, 0.25) is 0 Å². The molecule has 2 aromatic carbocycles. The first-order chi connectivity index (χ1) is 17.9. The van der Waals surface area contributed by atoms with Crippen LogP contribution in [0.15, 0.2) is 48.5 Å². The number of nitrogens with one attached hydrogen (secondary N) is 1. The van der Waals surface area contributed by atoms with Gasteiger partial charge in [0.1, 0.15) is 11.9 Å². The third-order valence-corrected chi connectivity index (χ3v) is 6.96. The molecule has 1 atom stereocenters. The summed E-state index contributed by atoms with van der Waals surface area (Å²) in [6.45, 7) is 6.92. The normalized spacial score (nSPS) is 13.1. The van der Waals surface area contributed by atoms with Crippen LogP contribution in [0.1, 0.15) is 58.1 Å². The Kier molecular flexibility index (Phi) is 10.5. The lowest BCUT2D eigenvalue weighted by Crippen LogP contribution is -2.53. The van der Waals surface area contributed by atoms with Crippen LogP contribution < -0.4 is 9.62 Å². The maximum atomic E-state index is 13.4. The monoisotopic (exact) mass is 573 g/mol. The van der Waals surface area contributed by atoms with E-state index in [1.165, 1.54) is 35.2 Å². The predicted molar refractivity (Wildman–Crippen MR) is 142 cm³/mol. The van der Waals surface area contributed by atoms with Gasteiger partial charge in [0, 0.05) is 25.0 Å². The van der Waals surface area contributed by atoms with Crippen molar-refractivity contribution in [3.63, 3.8) is 0 Å². The standard InChI is InChI=1S/C27H35F4N3O4S/c1-6-23(25(36)32-26(2,3)4)33(18-19-12-14-21(28)15-13-19)24(35)11-8-16-34(39(5,37)38)22-10-7-9-20(17-22)27(29,30)31/h7,9-10,12-15,17,23H,6,8,11,16,18H2,1-5H3,(H,32,36)/t23-/m0/s1. The molecule has 216 valence electrons. The van der Waals surface area contributed by atoms with Crippen molar-refractivity contribution < 1.29 is 35.6 Å². The lowest BCUT2D eigenvalue weighted by molar-refractivity contribution is -0.142. The Morgan fingerprint density at radius 1 is 1.03 bits per heavy atom. The zero-order valence-corrected chi connectivity index (χ0v) is 23.5. The number of sulfonamides is 1. The molecular formula is C27H35F4N3O4S. The van der Waals surface area contributed by atoms with Crippen molar-refractivity contribution in [2.24, 2.45) is 0 Å². The van der Waals surface area contributed by atoms with E-state index in [9.17, 15) is 35.6 Å². The first-order valence-electron chi connectivity index (χ1n) is 12.4. The molecule has 0 fully saturated rings. The lowest BCUT2D eigenvalue weighted by atomic mass is 10.0. The van der Waals surface area contributed by atoms with Gasteiger partial charge in [0.2, 0.25) is 21.8 Å². The molecule has 0 unspecified atom stereocenters. The van der Waals surface area contributed by atoms with Crippen LogP contribution in [-0.2, 0) is 32.3 Å². The summed E-state index contributed by atoms with van der Waals surface area (Å²) >= 11 is 0. The van der Waals surface area contributed by atoms with Gasteiger partial charge in [-0.3, -0.25) is 13.9 Å². The van der Waals surface area contributed by atoms with E-state index in [0.29, 0.717) is 5.56 Å². The quantitative estimate of drug-likeness (QED) is 0.379. The molecule has 0 aromatic heterocycles. The van der Waals surface area contributed by atoms with Crippen LogP contribution in [0.25, 0.3) is 0 Å². The molecule has 2 rings (SSSR count). The molecule has 0 aliphatic heterocycles. The van der Waals surface area contributed by atoms with Crippen LogP contribution in [-0.4, -0.2) is 49.5 Å². The number of halogens is 4. The first kappa shape index (κ1) is 32.1. The Bertz CT molecular complexity index is 1240. The molecule has 12 heteroatoms. The molecule has 0 saturated carbocycles. The Balaban J connectivity index is 2.27. The van der Waals surface area contributed by atoms with Crippen molar-refractivity contribution in [2.75, 3.05) is 17.1 Å². The van der Waals surface area contributed by atoms with E-state index in [4.69, 9.17) is 0 Å². The number of alkyl halides is 3. The lowest BCUT2D eigenvalue weighted by Gasteiger charge is -2.33. The second kappa shape index (κ2) is 12.8. The summed E-state index contributed by atoms with van der Waals surface area (Å²) in [4.78, 5) is 27.8. The molecule has 0 heterocycles. The summed E-state index contributed by atoms with van der Waals surface area (Å²) < 4.78 is 78.6. The maximum absolute atomic E-state index is 13.4. The van der Waals surface area contributed by atoms with Crippen LogP contribution in [0.5, 0.6) is 0 Å². The first-order valence-corrected chi connectivity index (χ1v) is 14.3. The SMILES string of the molecule is CC[C@@H](C(=O)NC(C)(C)C)N(Cc1ccc(F)cc1)C(=O)CCCN(c1cccc(C(F)(F)F)c1)S(C)(=O)=O. The number of anilines is 1. The minimum Gasteiger partial charge on any atom is -0.350 e. The molecule has 2 aromatic rings. The smallest absolute Gasteiger partial charge is 0.350 e. The molecule has 0 bridgehead atoms. The molecular weight excluding hydrogens is 538 g/mol. The van der Waals surface area contributed by atoms with Gasteiger partial charge < -0.3 is 10.2 Å². The number of rotatable bonds is 11. The van der Waals surface area contributed by atoms with E-state index in [1.54, 1.807) is 27.7 Å². The zero-order valence-electron chi connectivity index (χ0n) is 22.7. The zero-order chi connectivity index (χ0) is 29.6. The molecule has 7 nitrogen and oxygen atoms in total. The van der Waals surface area contributed by atoms with Gasteiger partial charge in [-0.05, 0) is 69.5 Å². The summed E-state index contributed by atoms with van der Waals surface area (Å²) in [5, 5.41) is 2.86. The van der Waals surface area contributed by atoms with E-state index in [-0.39, 0.29) is 43.9 Å². The van der Waals surface area contributed by atoms with E-state index < -0.39 is 45.1 Å². The summed E-state index contributed by atoms with van der Waals surface area (Å²) in [6, 6.07) is 8.60. The molecule has 0 radical (unpaired) electrons. The third kappa shape index (κ3) is 9.83. The van der Waals surface area contributed by atoms with E-state index in [1.807, 2.05) is 0 Å². The summed E-state index contributed by atoms with van der Waals surface area (Å²) in [5.74, 6) is -1.28. The minimum absolute atomic E-state index is 0.0125. The number of carbonyl (C=O) groups is 2. The van der Waals surface area contributed by atoms with Crippen molar-refractivity contribution in [1.29, 1.82) is 0 Å². The van der Waals surface area contributed by atoms with E-state index in [2.05, 4.69) is 5.32 Å². The summed E-state index contributed by atoms with van der Waals surface area (Å²) in [5.41, 5.74) is -1.13. The fraction of sp³-hybridized carbons (Fsp3) is 0.481. The third-order valence-electron chi connectivity index (χ3n) is 5.76. The highest BCUT2D eigenvalue weighted by molar-refractivity contribution is 7.92. The molecule has 0 saturated heterocycles. The number of amides is 2. The van der Waals surface area contributed by atoms with Gasteiger partial charge in [0.15, 0.2) is 0 Å². The fourth-order valence-corrected chi connectivity index (χ4v) is 4.96. The number of carbonyl (C=O) groups excluding carboxylic acids is 2. The van der Waals surface area contributed by atoms with Crippen LogP contribution >= 0.6 is 0 Å². The highest BCUT2D eigenvalue weighted by Gasteiger charge is 2.33. The average molecular weight is 574 g/mol. The second-order valence-electron chi connectivity index (χ2n) is 10.3. The average Bonchev–Trinajstić information content (AvgIpc) is 2.80. The number of hydrogen-bond donors (Lipinski definition) is 1. The maximum Gasteiger partial charge on any atom is 0.416 e. The Morgan fingerprint density at radius 3 is 2.15 bits per heavy atom.